The van der Waals surface area contributed by atoms with Crippen LogP contribution in [0.5, 0.6) is 0 Å². The Hall–Kier alpha value is -3.04. The maximum absolute atomic E-state index is 11.8. The van der Waals surface area contributed by atoms with E-state index in [1.807, 2.05) is 0 Å². The van der Waals surface area contributed by atoms with Gasteiger partial charge in [0.15, 0.2) is 0 Å². The Balaban J connectivity index is 0.000000433. The Labute approximate surface area is 156 Å². The summed E-state index contributed by atoms with van der Waals surface area (Å²) in [6.07, 6.45) is 5.06. The Morgan fingerprint density at radius 3 is 2.07 bits per heavy atom. The van der Waals surface area contributed by atoms with Crippen molar-refractivity contribution in [3.8, 4) is 0 Å². The SMILES string of the molecule is CC(C(=O)NCCCCCC(=O)O)N1C(=O)C=CC1=O.O=C1CCC(=O)N1. The Morgan fingerprint density at radius 2 is 1.63 bits per heavy atom. The van der Waals surface area contributed by atoms with Gasteiger partial charge in [0.05, 0.1) is 0 Å². The Morgan fingerprint density at radius 1 is 1.07 bits per heavy atom. The number of carboxylic acid groups (broad SMARTS) is 1. The molecule has 10 heteroatoms. The Kier molecular flexibility index (Phi) is 8.83. The van der Waals surface area contributed by atoms with E-state index in [0.717, 1.165) is 17.1 Å². The molecular formula is C17H23N3O7. The van der Waals surface area contributed by atoms with Crippen molar-refractivity contribution in [2.45, 2.75) is 51.5 Å². The minimum Gasteiger partial charge on any atom is -0.481 e. The highest BCUT2D eigenvalue weighted by atomic mass is 16.4. The van der Waals surface area contributed by atoms with Crippen LogP contribution in [0.4, 0.5) is 0 Å². The van der Waals surface area contributed by atoms with Gasteiger partial charge < -0.3 is 10.4 Å². The van der Waals surface area contributed by atoms with Gasteiger partial charge in [0.1, 0.15) is 6.04 Å². The second-order valence-electron chi connectivity index (χ2n) is 6.02. The van der Waals surface area contributed by atoms with Gasteiger partial charge in [0.25, 0.3) is 11.8 Å². The third kappa shape index (κ3) is 7.80. The first-order valence-corrected chi connectivity index (χ1v) is 8.59. The van der Waals surface area contributed by atoms with Gasteiger partial charge >= 0.3 is 5.97 Å². The molecule has 0 spiro atoms. The number of amides is 5. The quantitative estimate of drug-likeness (QED) is 0.378. The summed E-state index contributed by atoms with van der Waals surface area (Å²) in [6, 6.07) is -0.844. The fraction of sp³-hybridized carbons (Fsp3) is 0.529. The van der Waals surface area contributed by atoms with Crippen molar-refractivity contribution in [2.75, 3.05) is 6.54 Å². The first-order valence-electron chi connectivity index (χ1n) is 8.59. The lowest BCUT2D eigenvalue weighted by molar-refractivity contribution is -0.144. The first kappa shape index (κ1) is 22.0. The van der Waals surface area contributed by atoms with Gasteiger partial charge in [-0.05, 0) is 19.8 Å². The van der Waals surface area contributed by atoms with Crippen LogP contribution < -0.4 is 10.6 Å². The van der Waals surface area contributed by atoms with E-state index in [9.17, 15) is 28.8 Å². The summed E-state index contributed by atoms with van der Waals surface area (Å²) < 4.78 is 0. The molecular weight excluding hydrogens is 358 g/mol. The van der Waals surface area contributed by atoms with Crippen molar-refractivity contribution in [2.24, 2.45) is 0 Å². The second kappa shape index (κ2) is 10.8. The normalized spacial score (nSPS) is 16.7. The smallest absolute Gasteiger partial charge is 0.303 e. The zero-order valence-electron chi connectivity index (χ0n) is 15.0. The van der Waals surface area contributed by atoms with Crippen molar-refractivity contribution < 1.29 is 33.9 Å². The fourth-order valence-electron chi connectivity index (χ4n) is 2.36. The number of carbonyl (C=O) groups is 6. The maximum atomic E-state index is 11.8. The van der Waals surface area contributed by atoms with E-state index >= 15 is 0 Å². The number of nitrogens with zero attached hydrogens (tertiary/aromatic N) is 1. The largest absolute Gasteiger partial charge is 0.481 e. The van der Waals surface area contributed by atoms with Gasteiger partial charge in [-0.3, -0.25) is 39.0 Å². The van der Waals surface area contributed by atoms with Crippen LogP contribution in [0.25, 0.3) is 0 Å². The summed E-state index contributed by atoms with van der Waals surface area (Å²) in [6.45, 7) is 1.88. The number of carbonyl (C=O) groups excluding carboxylic acids is 5. The highest BCUT2D eigenvalue weighted by Gasteiger charge is 2.32. The van der Waals surface area contributed by atoms with E-state index in [1.54, 1.807) is 0 Å². The van der Waals surface area contributed by atoms with Crippen LogP contribution in [0.3, 0.4) is 0 Å². The molecule has 0 radical (unpaired) electrons. The van der Waals surface area contributed by atoms with Crippen LogP contribution in [-0.4, -0.2) is 58.1 Å². The molecule has 2 rings (SSSR count). The van der Waals surface area contributed by atoms with Crippen LogP contribution in [0, 0.1) is 0 Å². The number of nitrogens with one attached hydrogen (secondary N) is 2. The van der Waals surface area contributed by atoms with Crippen molar-refractivity contribution in [1.82, 2.24) is 15.5 Å². The lowest BCUT2D eigenvalue weighted by Crippen LogP contribution is -2.48. The molecule has 1 fully saturated rings. The summed E-state index contributed by atoms with van der Waals surface area (Å²) in [4.78, 5) is 66.0. The number of carboxylic acids is 1. The van der Waals surface area contributed by atoms with Gasteiger partial charge in [0, 0.05) is 38.0 Å². The molecule has 0 bridgehead atoms. The molecule has 3 N–H and O–H groups in total. The molecule has 0 aliphatic carbocycles. The monoisotopic (exact) mass is 381 g/mol. The lowest BCUT2D eigenvalue weighted by Gasteiger charge is -2.21. The highest BCUT2D eigenvalue weighted by molar-refractivity contribution is 6.15. The molecule has 1 unspecified atom stereocenters. The molecule has 1 atom stereocenters. The molecule has 2 aliphatic rings. The number of imide groups is 2. The molecule has 1 saturated heterocycles. The van der Waals surface area contributed by atoms with Crippen molar-refractivity contribution >= 4 is 35.5 Å². The molecule has 5 amide bonds. The third-order valence-electron chi connectivity index (χ3n) is 3.83. The number of unbranched alkanes of at least 4 members (excludes halogenated alkanes) is 2. The zero-order chi connectivity index (χ0) is 20.4. The van der Waals surface area contributed by atoms with Crippen LogP contribution in [-0.2, 0) is 28.8 Å². The molecule has 10 nitrogen and oxygen atoms in total. The van der Waals surface area contributed by atoms with Crippen LogP contribution >= 0.6 is 0 Å². The predicted octanol–water partition coefficient (Wildman–Crippen LogP) is -0.516. The molecule has 27 heavy (non-hydrogen) atoms. The highest BCUT2D eigenvalue weighted by Crippen LogP contribution is 2.09. The van der Waals surface area contributed by atoms with E-state index in [4.69, 9.17) is 5.11 Å². The average Bonchev–Trinajstić information content (AvgIpc) is 3.14. The van der Waals surface area contributed by atoms with Crippen molar-refractivity contribution in [1.29, 1.82) is 0 Å². The zero-order valence-corrected chi connectivity index (χ0v) is 15.0. The van der Waals surface area contributed by atoms with E-state index in [-0.39, 0.29) is 18.2 Å². The summed E-state index contributed by atoms with van der Waals surface area (Å²) in [5, 5.41) is 13.2. The number of aliphatic carboxylic acids is 1. The molecule has 2 heterocycles. The fourth-order valence-corrected chi connectivity index (χ4v) is 2.36. The lowest BCUT2D eigenvalue weighted by atomic mass is 10.2. The minimum atomic E-state index is -0.844. The average molecular weight is 381 g/mol. The molecule has 0 aromatic rings. The second-order valence-corrected chi connectivity index (χ2v) is 6.02. The first-order chi connectivity index (χ1) is 12.7. The molecule has 0 aromatic carbocycles. The van der Waals surface area contributed by atoms with E-state index in [0.29, 0.717) is 38.6 Å². The van der Waals surface area contributed by atoms with Gasteiger partial charge in [-0.15, -0.1) is 0 Å². The van der Waals surface area contributed by atoms with E-state index in [1.165, 1.54) is 6.92 Å². The Bertz CT molecular complexity index is 625. The number of hydrogen-bond acceptors (Lipinski definition) is 6. The van der Waals surface area contributed by atoms with Gasteiger partial charge in [-0.2, -0.15) is 0 Å². The summed E-state index contributed by atoms with van der Waals surface area (Å²) >= 11 is 0. The topological polar surface area (TPSA) is 150 Å². The third-order valence-corrected chi connectivity index (χ3v) is 3.83. The molecule has 0 saturated carbocycles. The van der Waals surface area contributed by atoms with Crippen LogP contribution in [0.15, 0.2) is 12.2 Å². The summed E-state index contributed by atoms with van der Waals surface area (Å²) in [5.41, 5.74) is 0. The molecule has 0 aromatic heterocycles. The van der Waals surface area contributed by atoms with E-state index < -0.39 is 29.7 Å². The van der Waals surface area contributed by atoms with Crippen LogP contribution in [0.1, 0.15) is 45.4 Å². The maximum Gasteiger partial charge on any atom is 0.303 e. The van der Waals surface area contributed by atoms with Crippen LogP contribution in [0.2, 0.25) is 0 Å². The summed E-state index contributed by atoms with van der Waals surface area (Å²) in [7, 11) is 0. The number of rotatable bonds is 8. The van der Waals surface area contributed by atoms with Gasteiger partial charge in [-0.25, -0.2) is 0 Å². The van der Waals surface area contributed by atoms with Gasteiger partial charge in [0.2, 0.25) is 17.7 Å². The predicted molar refractivity (Wildman–Crippen MR) is 92.0 cm³/mol. The molecule has 2 aliphatic heterocycles. The standard InChI is InChI=1S/C13H18N2O5.C4H5NO2/c1-9(15-10(16)6-7-11(15)17)13(20)14-8-4-2-3-5-12(18)19;6-3-1-2-4(7)5-3/h6-7,9H,2-5,8H2,1H3,(H,14,20)(H,18,19);1-2H2,(H,5,6,7). The van der Waals surface area contributed by atoms with Crippen molar-refractivity contribution in [3.63, 3.8) is 0 Å². The van der Waals surface area contributed by atoms with Gasteiger partial charge in [-0.1, -0.05) is 6.42 Å². The molecule has 148 valence electrons. The summed E-state index contributed by atoms with van der Waals surface area (Å²) in [5.74, 6) is -2.50. The van der Waals surface area contributed by atoms with Crippen molar-refractivity contribution in [3.05, 3.63) is 12.2 Å². The minimum absolute atomic E-state index is 0.118. The number of hydrogen-bond donors (Lipinski definition) is 3. The van der Waals surface area contributed by atoms with E-state index in [2.05, 4.69) is 10.6 Å².